The molecule has 1 amide bonds. The number of aromatic nitrogens is 1. The fourth-order valence-corrected chi connectivity index (χ4v) is 3.32. The van der Waals surface area contributed by atoms with Crippen LogP contribution in [0.1, 0.15) is 35.2 Å². The fraction of sp³-hybridized carbons (Fsp3) is 0.400. The Balaban J connectivity index is 1.68. The molecule has 0 bridgehead atoms. The van der Waals surface area contributed by atoms with E-state index in [0.717, 1.165) is 24.5 Å². The molecule has 1 saturated heterocycles. The molecule has 148 valence electrons. The number of carbonyl (C=O) groups excluding carboxylic acids is 1. The van der Waals surface area contributed by atoms with Crippen LogP contribution < -0.4 is 15.1 Å². The minimum Gasteiger partial charge on any atom is -0.377 e. The molecule has 3 rings (SSSR count). The summed E-state index contributed by atoms with van der Waals surface area (Å²) in [7, 11) is 3.59. The second-order valence-electron chi connectivity index (χ2n) is 7.11. The Morgan fingerprint density at radius 1 is 1.21 bits per heavy atom. The summed E-state index contributed by atoms with van der Waals surface area (Å²) in [6.07, 6.45) is 5.42. The van der Waals surface area contributed by atoms with Gasteiger partial charge in [-0.05, 0) is 37.0 Å². The number of carbonyl (C=O) groups is 1. The van der Waals surface area contributed by atoms with Gasteiger partial charge < -0.3 is 15.1 Å². The second-order valence-corrected chi connectivity index (χ2v) is 7.11. The number of amides is 1. The first-order chi connectivity index (χ1) is 13.5. The van der Waals surface area contributed by atoms with E-state index in [9.17, 15) is 14.9 Å². The van der Waals surface area contributed by atoms with Crippen LogP contribution in [0, 0.1) is 10.1 Å². The van der Waals surface area contributed by atoms with Crippen molar-refractivity contribution in [1.29, 1.82) is 0 Å². The Labute approximate surface area is 164 Å². The lowest BCUT2D eigenvalue weighted by atomic mass is 10.1. The van der Waals surface area contributed by atoms with Crippen LogP contribution in [0.3, 0.4) is 0 Å². The van der Waals surface area contributed by atoms with Gasteiger partial charge in [-0.15, -0.1) is 0 Å². The van der Waals surface area contributed by atoms with Crippen molar-refractivity contribution in [2.75, 3.05) is 37.0 Å². The molecule has 2 aromatic rings. The third kappa shape index (κ3) is 4.57. The average molecular weight is 383 g/mol. The molecule has 0 aliphatic carbocycles. The number of anilines is 2. The van der Waals surface area contributed by atoms with Crippen LogP contribution in [0.4, 0.5) is 17.2 Å². The molecular weight excluding hydrogens is 358 g/mol. The minimum atomic E-state index is -0.501. The number of nitrogens with zero attached hydrogens (tertiary/aromatic N) is 4. The van der Waals surface area contributed by atoms with E-state index in [2.05, 4.69) is 15.2 Å². The predicted molar refractivity (Wildman–Crippen MR) is 109 cm³/mol. The highest BCUT2D eigenvalue weighted by Crippen LogP contribution is 2.24. The lowest BCUT2D eigenvalue weighted by molar-refractivity contribution is -0.384. The standard InChI is InChI=1S/C20H25N5O3/c1-23(2)18-8-7-16(25(27)28)12-17(18)20(26)22-14-15-6-9-19(21-13-15)24-10-4-3-5-11-24/h6-9,12-13H,3-5,10-11,14H2,1-2H3,(H,22,26). The number of hydrogen-bond donors (Lipinski definition) is 1. The van der Waals surface area contributed by atoms with Crippen molar-refractivity contribution >= 4 is 23.1 Å². The monoisotopic (exact) mass is 383 g/mol. The molecule has 1 fully saturated rings. The fourth-order valence-electron chi connectivity index (χ4n) is 3.32. The maximum absolute atomic E-state index is 12.6. The van der Waals surface area contributed by atoms with E-state index in [1.54, 1.807) is 31.3 Å². The van der Waals surface area contributed by atoms with E-state index in [1.165, 1.54) is 31.4 Å². The van der Waals surface area contributed by atoms with Gasteiger partial charge in [0.1, 0.15) is 5.82 Å². The van der Waals surface area contributed by atoms with Crippen LogP contribution in [0.15, 0.2) is 36.5 Å². The van der Waals surface area contributed by atoms with Crippen molar-refractivity contribution in [3.8, 4) is 0 Å². The first-order valence-electron chi connectivity index (χ1n) is 9.39. The third-order valence-electron chi connectivity index (χ3n) is 4.86. The van der Waals surface area contributed by atoms with E-state index in [1.807, 2.05) is 12.1 Å². The third-order valence-corrected chi connectivity index (χ3v) is 4.86. The van der Waals surface area contributed by atoms with E-state index in [-0.39, 0.29) is 17.2 Å². The SMILES string of the molecule is CN(C)c1ccc([N+](=O)[O-])cc1C(=O)NCc1ccc(N2CCCCC2)nc1. The molecule has 0 saturated carbocycles. The van der Waals surface area contributed by atoms with Crippen molar-refractivity contribution in [2.45, 2.75) is 25.8 Å². The van der Waals surface area contributed by atoms with Gasteiger partial charge in [-0.2, -0.15) is 0 Å². The Kier molecular flexibility index (Phi) is 6.08. The smallest absolute Gasteiger partial charge is 0.270 e. The van der Waals surface area contributed by atoms with Gasteiger partial charge in [0, 0.05) is 57.7 Å². The van der Waals surface area contributed by atoms with Crippen molar-refractivity contribution in [1.82, 2.24) is 10.3 Å². The van der Waals surface area contributed by atoms with E-state index in [4.69, 9.17) is 0 Å². The molecule has 2 heterocycles. The maximum atomic E-state index is 12.6. The lowest BCUT2D eigenvalue weighted by Crippen LogP contribution is -2.30. The summed E-state index contributed by atoms with van der Waals surface area (Å²) < 4.78 is 0. The Bertz CT molecular complexity index is 845. The summed E-state index contributed by atoms with van der Waals surface area (Å²) in [5.41, 5.74) is 1.67. The number of piperidine rings is 1. The van der Waals surface area contributed by atoms with Gasteiger partial charge in [0.25, 0.3) is 11.6 Å². The number of nitrogens with one attached hydrogen (secondary N) is 1. The van der Waals surface area contributed by atoms with Crippen molar-refractivity contribution in [2.24, 2.45) is 0 Å². The summed E-state index contributed by atoms with van der Waals surface area (Å²) in [5, 5.41) is 13.9. The molecule has 1 aromatic carbocycles. The highest BCUT2D eigenvalue weighted by atomic mass is 16.6. The van der Waals surface area contributed by atoms with Gasteiger partial charge in [0.15, 0.2) is 0 Å². The van der Waals surface area contributed by atoms with Crippen molar-refractivity contribution < 1.29 is 9.72 Å². The molecule has 1 aromatic heterocycles. The molecule has 8 heteroatoms. The summed E-state index contributed by atoms with van der Waals surface area (Å²) >= 11 is 0. The number of non-ortho nitro benzene ring substituents is 1. The van der Waals surface area contributed by atoms with Crippen LogP contribution in [0.2, 0.25) is 0 Å². The predicted octanol–water partition coefficient (Wildman–Crippen LogP) is 2.98. The van der Waals surface area contributed by atoms with Crippen LogP contribution in [0.5, 0.6) is 0 Å². The maximum Gasteiger partial charge on any atom is 0.270 e. The second kappa shape index (κ2) is 8.69. The van der Waals surface area contributed by atoms with Crippen LogP contribution >= 0.6 is 0 Å². The largest absolute Gasteiger partial charge is 0.377 e. The molecule has 0 radical (unpaired) electrons. The van der Waals surface area contributed by atoms with E-state index < -0.39 is 4.92 Å². The number of nitro benzene ring substituents is 1. The molecular formula is C20H25N5O3. The van der Waals surface area contributed by atoms with Gasteiger partial charge in [-0.25, -0.2) is 4.98 Å². The van der Waals surface area contributed by atoms with Crippen LogP contribution in [0.25, 0.3) is 0 Å². The Hall–Kier alpha value is -3.16. The number of nitro groups is 1. The summed E-state index contributed by atoms with van der Waals surface area (Å²) in [6, 6.07) is 8.22. The quantitative estimate of drug-likeness (QED) is 0.609. The summed E-state index contributed by atoms with van der Waals surface area (Å²) in [4.78, 5) is 31.7. The number of pyridine rings is 1. The zero-order valence-corrected chi connectivity index (χ0v) is 16.2. The molecule has 0 atom stereocenters. The van der Waals surface area contributed by atoms with Gasteiger partial charge >= 0.3 is 0 Å². The van der Waals surface area contributed by atoms with Crippen molar-refractivity contribution in [3.05, 3.63) is 57.8 Å². The molecule has 1 aliphatic rings. The molecule has 28 heavy (non-hydrogen) atoms. The Morgan fingerprint density at radius 2 is 1.96 bits per heavy atom. The first kappa shape index (κ1) is 19.6. The highest BCUT2D eigenvalue weighted by molar-refractivity contribution is 6.00. The summed E-state index contributed by atoms with van der Waals surface area (Å²) in [5.74, 6) is 0.607. The number of hydrogen-bond acceptors (Lipinski definition) is 6. The molecule has 1 aliphatic heterocycles. The van der Waals surface area contributed by atoms with Crippen LogP contribution in [-0.4, -0.2) is 43.0 Å². The normalized spacial score (nSPS) is 13.9. The zero-order valence-electron chi connectivity index (χ0n) is 16.2. The van der Waals surface area contributed by atoms with Crippen molar-refractivity contribution in [3.63, 3.8) is 0 Å². The molecule has 1 N–H and O–H groups in total. The zero-order chi connectivity index (χ0) is 20.1. The minimum absolute atomic E-state index is 0.108. The number of rotatable bonds is 6. The van der Waals surface area contributed by atoms with Gasteiger partial charge in [0.05, 0.1) is 10.5 Å². The van der Waals surface area contributed by atoms with E-state index >= 15 is 0 Å². The Morgan fingerprint density at radius 3 is 2.57 bits per heavy atom. The lowest BCUT2D eigenvalue weighted by Gasteiger charge is -2.27. The van der Waals surface area contributed by atoms with E-state index in [0.29, 0.717) is 12.2 Å². The molecule has 8 nitrogen and oxygen atoms in total. The van der Waals surface area contributed by atoms with Crippen LogP contribution in [-0.2, 0) is 6.54 Å². The highest BCUT2D eigenvalue weighted by Gasteiger charge is 2.18. The topological polar surface area (TPSA) is 91.6 Å². The van der Waals surface area contributed by atoms with Gasteiger partial charge in [-0.1, -0.05) is 6.07 Å². The number of benzene rings is 1. The first-order valence-corrected chi connectivity index (χ1v) is 9.39. The van der Waals surface area contributed by atoms with Gasteiger partial charge in [-0.3, -0.25) is 14.9 Å². The average Bonchev–Trinajstić information content (AvgIpc) is 2.72. The summed E-state index contributed by atoms with van der Waals surface area (Å²) in [6.45, 7) is 2.37. The molecule has 0 unspecified atom stereocenters. The van der Waals surface area contributed by atoms with Gasteiger partial charge in [0.2, 0.25) is 0 Å². The molecule has 0 spiro atoms.